The second-order valence-corrected chi connectivity index (χ2v) is 9.75. The minimum atomic E-state index is -0.451. The fourth-order valence-corrected chi connectivity index (χ4v) is 5.19. The SMILES string of the molecule is Cc1cccc(C)c1NC(=O)C(Sc1cccc(NC(=O)c2cccs2)c1)c1ccccc1. The van der Waals surface area contributed by atoms with E-state index in [4.69, 9.17) is 0 Å². The van der Waals surface area contributed by atoms with Crippen molar-refractivity contribution in [2.45, 2.75) is 24.0 Å². The fraction of sp³-hybridized carbons (Fsp3) is 0.111. The van der Waals surface area contributed by atoms with Crippen LogP contribution in [0, 0.1) is 13.8 Å². The molecule has 0 aliphatic rings. The van der Waals surface area contributed by atoms with E-state index in [-0.39, 0.29) is 11.8 Å². The van der Waals surface area contributed by atoms with Crippen LogP contribution in [0.25, 0.3) is 0 Å². The molecule has 6 heteroatoms. The smallest absolute Gasteiger partial charge is 0.265 e. The summed E-state index contributed by atoms with van der Waals surface area (Å²) in [4.78, 5) is 27.4. The first-order chi connectivity index (χ1) is 16.0. The van der Waals surface area contributed by atoms with Crippen LogP contribution in [0.4, 0.5) is 11.4 Å². The van der Waals surface area contributed by atoms with E-state index in [2.05, 4.69) is 10.6 Å². The van der Waals surface area contributed by atoms with Crippen molar-refractivity contribution in [1.82, 2.24) is 0 Å². The normalized spacial score (nSPS) is 11.6. The second-order valence-electron chi connectivity index (χ2n) is 7.62. The van der Waals surface area contributed by atoms with Crippen LogP contribution in [-0.2, 0) is 4.79 Å². The molecule has 0 aliphatic carbocycles. The maximum Gasteiger partial charge on any atom is 0.265 e. The molecule has 4 aromatic rings. The summed E-state index contributed by atoms with van der Waals surface area (Å²) in [6, 6.07) is 26.9. The molecule has 166 valence electrons. The van der Waals surface area contributed by atoms with Crippen molar-refractivity contribution in [1.29, 1.82) is 0 Å². The zero-order chi connectivity index (χ0) is 23.2. The summed E-state index contributed by atoms with van der Waals surface area (Å²) in [7, 11) is 0. The summed E-state index contributed by atoms with van der Waals surface area (Å²) >= 11 is 2.86. The lowest BCUT2D eigenvalue weighted by molar-refractivity contribution is -0.115. The zero-order valence-corrected chi connectivity index (χ0v) is 20.0. The number of nitrogens with one attached hydrogen (secondary N) is 2. The van der Waals surface area contributed by atoms with E-state index in [0.717, 1.165) is 27.3 Å². The third kappa shape index (κ3) is 5.72. The van der Waals surface area contributed by atoms with Gasteiger partial charge in [0.25, 0.3) is 5.91 Å². The molecule has 0 bridgehead atoms. The molecule has 3 aromatic carbocycles. The van der Waals surface area contributed by atoms with Gasteiger partial charge in [0.1, 0.15) is 5.25 Å². The number of hydrogen-bond acceptors (Lipinski definition) is 4. The molecule has 1 heterocycles. The van der Waals surface area contributed by atoms with Crippen molar-refractivity contribution in [3.8, 4) is 0 Å². The highest BCUT2D eigenvalue weighted by Gasteiger charge is 2.23. The number of hydrogen-bond donors (Lipinski definition) is 2. The Balaban J connectivity index is 1.57. The number of amides is 2. The summed E-state index contributed by atoms with van der Waals surface area (Å²) in [6.45, 7) is 3.99. The third-order valence-corrected chi connectivity index (χ3v) is 7.28. The van der Waals surface area contributed by atoms with Gasteiger partial charge in [-0.2, -0.15) is 0 Å². The molecule has 0 fully saturated rings. The van der Waals surface area contributed by atoms with Crippen LogP contribution in [0.2, 0.25) is 0 Å². The molecule has 0 saturated carbocycles. The number of carbonyl (C=O) groups excluding carboxylic acids is 2. The third-order valence-electron chi connectivity index (χ3n) is 5.16. The van der Waals surface area contributed by atoms with Gasteiger partial charge in [-0.15, -0.1) is 23.1 Å². The van der Waals surface area contributed by atoms with Gasteiger partial charge in [0, 0.05) is 16.3 Å². The van der Waals surface area contributed by atoms with Crippen LogP contribution in [0.3, 0.4) is 0 Å². The summed E-state index contributed by atoms with van der Waals surface area (Å²) < 4.78 is 0. The van der Waals surface area contributed by atoms with Gasteiger partial charge < -0.3 is 10.6 Å². The van der Waals surface area contributed by atoms with E-state index in [0.29, 0.717) is 10.6 Å². The lowest BCUT2D eigenvalue weighted by Gasteiger charge is -2.19. The average molecular weight is 473 g/mol. The van der Waals surface area contributed by atoms with Crippen LogP contribution in [-0.4, -0.2) is 11.8 Å². The number of thiophene rings is 1. The summed E-state index contributed by atoms with van der Waals surface area (Å²) in [5.41, 5.74) is 4.51. The fourth-order valence-electron chi connectivity index (χ4n) is 3.48. The Morgan fingerprint density at radius 1 is 0.818 bits per heavy atom. The van der Waals surface area contributed by atoms with Crippen molar-refractivity contribution in [2.75, 3.05) is 10.6 Å². The quantitative estimate of drug-likeness (QED) is 0.282. The van der Waals surface area contributed by atoms with Crippen LogP contribution in [0.5, 0.6) is 0 Å². The minimum absolute atomic E-state index is 0.0865. The van der Waals surface area contributed by atoms with Gasteiger partial charge in [0.2, 0.25) is 5.91 Å². The van der Waals surface area contributed by atoms with Gasteiger partial charge in [-0.3, -0.25) is 9.59 Å². The summed E-state index contributed by atoms with van der Waals surface area (Å²) in [6.07, 6.45) is 0. The molecule has 2 N–H and O–H groups in total. The molecule has 0 spiro atoms. The number of thioether (sulfide) groups is 1. The summed E-state index contributed by atoms with van der Waals surface area (Å²) in [5.74, 6) is -0.226. The molecule has 4 rings (SSSR count). The molecule has 0 saturated heterocycles. The zero-order valence-electron chi connectivity index (χ0n) is 18.4. The molecule has 0 radical (unpaired) electrons. The predicted molar refractivity (Wildman–Crippen MR) is 138 cm³/mol. The molecule has 1 atom stereocenters. The van der Waals surface area contributed by atoms with Gasteiger partial charge >= 0.3 is 0 Å². The molecule has 33 heavy (non-hydrogen) atoms. The number of rotatable bonds is 7. The van der Waals surface area contributed by atoms with E-state index < -0.39 is 5.25 Å². The Hall–Kier alpha value is -3.35. The lowest BCUT2D eigenvalue weighted by atomic mass is 10.1. The van der Waals surface area contributed by atoms with Gasteiger partial charge in [-0.05, 0) is 60.2 Å². The monoisotopic (exact) mass is 472 g/mol. The topological polar surface area (TPSA) is 58.2 Å². The van der Waals surface area contributed by atoms with Crippen molar-refractivity contribution in [2.24, 2.45) is 0 Å². The Morgan fingerprint density at radius 2 is 1.55 bits per heavy atom. The standard InChI is InChI=1S/C27H24N2O2S2/c1-18-9-6-10-19(2)24(18)29-27(31)25(20-11-4-3-5-12-20)33-22-14-7-13-21(17-22)28-26(30)23-15-8-16-32-23/h3-17,25H,1-2H3,(H,28,30)(H,29,31). The van der Waals surface area contributed by atoms with E-state index in [9.17, 15) is 9.59 Å². The Kier molecular flexibility index (Phi) is 7.27. The molecule has 4 nitrogen and oxygen atoms in total. The number of anilines is 2. The Labute approximate surface area is 202 Å². The lowest BCUT2D eigenvalue weighted by Crippen LogP contribution is -2.20. The van der Waals surface area contributed by atoms with E-state index in [1.54, 1.807) is 6.07 Å². The van der Waals surface area contributed by atoms with Crippen LogP contribution < -0.4 is 10.6 Å². The van der Waals surface area contributed by atoms with E-state index >= 15 is 0 Å². The highest BCUT2D eigenvalue weighted by Crippen LogP contribution is 2.37. The highest BCUT2D eigenvalue weighted by molar-refractivity contribution is 8.00. The van der Waals surface area contributed by atoms with Gasteiger partial charge in [-0.1, -0.05) is 60.7 Å². The van der Waals surface area contributed by atoms with Crippen molar-refractivity contribution < 1.29 is 9.59 Å². The number of para-hydroxylation sites is 1. The van der Waals surface area contributed by atoms with E-state index in [1.807, 2.05) is 98.1 Å². The number of benzene rings is 3. The van der Waals surface area contributed by atoms with Crippen LogP contribution in [0.15, 0.2) is 95.2 Å². The summed E-state index contributed by atoms with van der Waals surface area (Å²) in [5, 5.41) is 7.50. The van der Waals surface area contributed by atoms with Gasteiger partial charge in [0.05, 0.1) is 4.88 Å². The van der Waals surface area contributed by atoms with Crippen LogP contribution >= 0.6 is 23.1 Å². The molecular weight excluding hydrogens is 448 g/mol. The van der Waals surface area contributed by atoms with Gasteiger partial charge in [-0.25, -0.2) is 0 Å². The molecule has 2 amide bonds. The van der Waals surface area contributed by atoms with E-state index in [1.165, 1.54) is 23.1 Å². The molecule has 0 aliphatic heterocycles. The largest absolute Gasteiger partial charge is 0.324 e. The van der Waals surface area contributed by atoms with Crippen molar-refractivity contribution in [3.05, 3.63) is 112 Å². The maximum atomic E-state index is 13.4. The van der Waals surface area contributed by atoms with Crippen molar-refractivity contribution in [3.63, 3.8) is 0 Å². The minimum Gasteiger partial charge on any atom is -0.324 e. The first kappa shape index (κ1) is 22.8. The predicted octanol–water partition coefficient (Wildman–Crippen LogP) is 7.09. The molecule has 1 aromatic heterocycles. The van der Waals surface area contributed by atoms with Crippen LogP contribution in [0.1, 0.15) is 31.6 Å². The maximum absolute atomic E-state index is 13.4. The number of carbonyl (C=O) groups is 2. The highest BCUT2D eigenvalue weighted by atomic mass is 32.2. The van der Waals surface area contributed by atoms with Gasteiger partial charge in [0.15, 0.2) is 0 Å². The Morgan fingerprint density at radius 3 is 2.24 bits per heavy atom. The Bertz CT molecular complexity index is 1230. The second kappa shape index (κ2) is 10.5. The first-order valence-corrected chi connectivity index (χ1v) is 12.3. The first-order valence-electron chi connectivity index (χ1n) is 10.5. The van der Waals surface area contributed by atoms with Crippen molar-refractivity contribution >= 4 is 46.3 Å². The molecular formula is C27H24N2O2S2. The molecule has 1 unspecified atom stereocenters. The number of aryl methyl sites for hydroxylation is 2. The average Bonchev–Trinajstić information content (AvgIpc) is 3.36.